The molecule has 3 aliphatic rings. The van der Waals surface area contributed by atoms with Crippen LogP contribution in [0, 0.1) is 5.41 Å². The molecule has 0 saturated heterocycles. The third-order valence-corrected chi connectivity index (χ3v) is 7.32. The van der Waals surface area contributed by atoms with E-state index in [0.717, 1.165) is 59.8 Å². The number of hydrogen-bond acceptors (Lipinski definition) is 2. The molecule has 0 aliphatic heterocycles. The van der Waals surface area contributed by atoms with Gasteiger partial charge >= 0.3 is 6.18 Å². The number of hydrogen-bond donors (Lipinski definition) is 1. The fraction of sp³-hybridized carbons (Fsp3) is 0.440. The highest BCUT2D eigenvalue weighted by atomic mass is 19.4. The van der Waals surface area contributed by atoms with Crippen LogP contribution in [0.5, 0.6) is 0 Å². The number of amides is 1. The zero-order chi connectivity index (χ0) is 22.7. The minimum Gasteiger partial charge on any atom is -0.345 e. The van der Waals surface area contributed by atoms with Crippen LogP contribution in [0.2, 0.25) is 0 Å². The summed E-state index contributed by atoms with van der Waals surface area (Å²) < 4.78 is 40.5. The molecule has 4 nitrogen and oxygen atoms in total. The monoisotopic (exact) mass is 441 g/mol. The molecule has 0 unspecified atom stereocenters. The SMILES string of the molecule is CCn1nc(C(=O)NC23CC(CC)(C2)C3)c2c(Cc3ccc(C(F)(F)F)cc3)cccc21. The minimum absolute atomic E-state index is 0.0855. The number of rotatable bonds is 6. The van der Waals surface area contributed by atoms with Crippen molar-refractivity contribution in [2.75, 3.05) is 0 Å². The van der Waals surface area contributed by atoms with Gasteiger partial charge in [0.15, 0.2) is 5.69 Å². The summed E-state index contributed by atoms with van der Waals surface area (Å²) in [6.45, 7) is 4.80. The molecule has 0 atom stereocenters. The Morgan fingerprint density at radius 1 is 1.09 bits per heavy atom. The summed E-state index contributed by atoms with van der Waals surface area (Å²) in [5.41, 5.74) is 2.58. The molecule has 3 saturated carbocycles. The van der Waals surface area contributed by atoms with Gasteiger partial charge in [-0.15, -0.1) is 0 Å². The fourth-order valence-corrected chi connectivity index (χ4v) is 5.68. The van der Waals surface area contributed by atoms with E-state index in [1.807, 2.05) is 29.8 Å². The molecular formula is C25H26F3N3O. The molecule has 2 bridgehead atoms. The predicted octanol–water partition coefficient (Wildman–Crippen LogP) is 5.73. The molecule has 1 aromatic heterocycles. The molecule has 2 aromatic carbocycles. The van der Waals surface area contributed by atoms with Crippen molar-refractivity contribution in [3.63, 3.8) is 0 Å². The highest BCUT2D eigenvalue weighted by Crippen LogP contribution is 2.68. The van der Waals surface area contributed by atoms with Crippen LogP contribution in [0.4, 0.5) is 13.2 Å². The van der Waals surface area contributed by atoms with Crippen LogP contribution < -0.4 is 5.32 Å². The molecule has 0 spiro atoms. The first kappa shape index (κ1) is 21.0. The maximum absolute atomic E-state index is 13.3. The summed E-state index contributed by atoms with van der Waals surface area (Å²) in [4.78, 5) is 13.3. The van der Waals surface area contributed by atoms with E-state index in [2.05, 4.69) is 17.3 Å². The van der Waals surface area contributed by atoms with Crippen LogP contribution in [-0.4, -0.2) is 21.2 Å². The first-order valence-electron chi connectivity index (χ1n) is 11.1. The average molecular weight is 441 g/mol. The van der Waals surface area contributed by atoms with Gasteiger partial charge < -0.3 is 5.32 Å². The summed E-state index contributed by atoms with van der Waals surface area (Å²) >= 11 is 0. The number of halogens is 3. The van der Waals surface area contributed by atoms with Gasteiger partial charge in [0.2, 0.25) is 0 Å². The Morgan fingerprint density at radius 3 is 2.38 bits per heavy atom. The second-order valence-corrected chi connectivity index (χ2v) is 9.47. The van der Waals surface area contributed by atoms with Crippen LogP contribution in [-0.2, 0) is 19.1 Å². The number of aromatic nitrogens is 2. The fourth-order valence-electron chi connectivity index (χ4n) is 5.68. The van der Waals surface area contributed by atoms with Gasteiger partial charge in [-0.25, -0.2) is 0 Å². The van der Waals surface area contributed by atoms with Crippen molar-refractivity contribution in [2.24, 2.45) is 5.41 Å². The molecule has 32 heavy (non-hydrogen) atoms. The van der Waals surface area contributed by atoms with Gasteiger partial charge in [-0.1, -0.05) is 37.6 Å². The van der Waals surface area contributed by atoms with E-state index in [9.17, 15) is 18.0 Å². The topological polar surface area (TPSA) is 46.9 Å². The number of benzene rings is 2. The lowest BCUT2D eigenvalue weighted by atomic mass is 9.38. The zero-order valence-corrected chi connectivity index (χ0v) is 18.2. The van der Waals surface area contributed by atoms with Gasteiger partial charge in [-0.2, -0.15) is 18.3 Å². The van der Waals surface area contributed by atoms with E-state index < -0.39 is 11.7 Å². The van der Waals surface area contributed by atoms with E-state index in [4.69, 9.17) is 0 Å². The molecular weight excluding hydrogens is 415 g/mol. The Hall–Kier alpha value is -2.83. The number of carbonyl (C=O) groups is 1. The third-order valence-electron chi connectivity index (χ3n) is 7.32. The largest absolute Gasteiger partial charge is 0.416 e. The van der Waals surface area contributed by atoms with E-state index >= 15 is 0 Å². The van der Waals surface area contributed by atoms with Gasteiger partial charge in [0.25, 0.3) is 5.91 Å². The van der Waals surface area contributed by atoms with Crippen LogP contribution in [0.15, 0.2) is 42.5 Å². The summed E-state index contributed by atoms with van der Waals surface area (Å²) in [5.74, 6) is -0.161. The van der Waals surface area contributed by atoms with Gasteiger partial charge in [0.05, 0.1) is 11.1 Å². The number of fused-ring (bicyclic) bond motifs is 1. The minimum atomic E-state index is -4.36. The smallest absolute Gasteiger partial charge is 0.345 e. The number of nitrogens with zero attached hydrogens (tertiary/aromatic N) is 2. The Labute approximate surface area is 184 Å². The summed E-state index contributed by atoms with van der Waals surface area (Å²) in [5, 5.41) is 8.63. The van der Waals surface area contributed by atoms with Crippen molar-refractivity contribution < 1.29 is 18.0 Å². The molecule has 1 amide bonds. The van der Waals surface area contributed by atoms with Gasteiger partial charge in [-0.05, 0) is 67.3 Å². The molecule has 3 aliphatic carbocycles. The van der Waals surface area contributed by atoms with E-state index in [1.54, 1.807) is 0 Å². The standard InChI is InChI=1S/C25H26F3N3O/c1-3-23-13-24(14-23,15-23)29-22(32)21-20-17(6-5-7-19(20)31(4-2)30-21)12-16-8-10-18(11-9-16)25(26,27)28/h5-11H,3-4,12-15H2,1-2H3,(H,29,32). The Morgan fingerprint density at radius 2 is 1.78 bits per heavy atom. The highest BCUT2D eigenvalue weighted by molar-refractivity contribution is 6.06. The Bertz CT molecular complexity index is 1170. The van der Waals surface area contributed by atoms with Crippen molar-refractivity contribution in [3.05, 3.63) is 64.8 Å². The quantitative estimate of drug-likeness (QED) is 0.531. The van der Waals surface area contributed by atoms with Crippen LogP contribution >= 0.6 is 0 Å². The summed E-state index contributed by atoms with van der Waals surface area (Å²) in [6, 6.07) is 11.0. The second kappa shape index (κ2) is 7.09. The van der Waals surface area contributed by atoms with Crippen molar-refractivity contribution in [3.8, 4) is 0 Å². The lowest BCUT2D eigenvalue weighted by molar-refractivity contribution is -0.149. The van der Waals surface area contributed by atoms with Crippen LogP contribution in [0.3, 0.4) is 0 Å². The number of carbonyl (C=O) groups excluding carboxylic acids is 1. The lowest BCUT2D eigenvalue weighted by Crippen LogP contribution is -2.74. The van der Waals surface area contributed by atoms with Crippen molar-refractivity contribution >= 4 is 16.8 Å². The summed E-state index contributed by atoms with van der Waals surface area (Å²) in [7, 11) is 0. The molecule has 3 fully saturated rings. The van der Waals surface area contributed by atoms with Crippen molar-refractivity contribution in [2.45, 2.75) is 64.2 Å². The lowest BCUT2D eigenvalue weighted by Gasteiger charge is -2.70. The first-order chi connectivity index (χ1) is 15.2. The Balaban J connectivity index is 1.46. The molecule has 7 heteroatoms. The highest BCUT2D eigenvalue weighted by Gasteiger charge is 2.67. The molecule has 3 aromatic rings. The maximum atomic E-state index is 13.3. The zero-order valence-electron chi connectivity index (χ0n) is 18.2. The maximum Gasteiger partial charge on any atom is 0.416 e. The Kier molecular flexibility index (Phi) is 4.66. The second-order valence-electron chi connectivity index (χ2n) is 9.47. The molecule has 168 valence electrons. The average Bonchev–Trinajstić information content (AvgIpc) is 3.09. The van der Waals surface area contributed by atoms with Gasteiger partial charge in [0.1, 0.15) is 0 Å². The normalized spacial score (nSPS) is 24.2. The predicted molar refractivity (Wildman–Crippen MR) is 116 cm³/mol. The third kappa shape index (κ3) is 3.29. The van der Waals surface area contributed by atoms with E-state index in [0.29, 0.717) is 24.1 Å². The van der Waals surface area contributed by atoms with Crippen molar-refractivity contribution in [1.29, 1.82) is 0 Å². The first-order valence-corrected chi connectivity index (χ1v) is 11.1. The molecule has 1 heterocycles. The van der Waals surface area contributed by atoms with Crippen LogP contribution in [0.1, 0.15) is 66.7 Å². The van der Waals surface area contributed by atoms with Crippen molar-refractivity contribution in [1.82, 2.24) is 15.1 Å². The number of nitrogens with one attached hydrogen (secondary N) is 1. The van der Waals surface area contributed by atoms with Gasteiger partial charge in [-0.3, -0.25) is 9.48 Å². The van der Waals surface area contributed by atoms with E-state index in [1.165, 1.54) is 12.1 Å². The summed E-state index contributed by atoms with van der Waals surface area (Å²) in [6.07, 6.45) is 0.321. The van der Waals surface area contributed by atoms with E-state index in [-0.39, 0.29) is 11.4 Å². The number of alkyl halides is 3. The molecule has 1 N–H and O–H groups in total. The van der Waals surface area contributed by atoms with Gasteiger partial charge in [0, 0.05) is 17.5 Å². The molecule has 0 radical (unpaired) electrons. The number of aryl methyl sites for hydroxylation is 1. The van der Waals surface area contributed by atoms with Crippen LogP contribution in [0.25, 0.3) is 10.9 Å². The molecule has 6 rings (SSSR count).